The Morgan fingerprint density at radius 2 is 1.91 bits per heavy atom. The van der Waals surface area contributed by atoms with Crippen LogP contribution in [0.15, 0.2) is 54.8 Å². The number of benzene rings is 1. The minimum atomic E-state index is -0.386. The van der Waals surface area contributed by atoms with Gasteiger partial charge in [0.25, 0.3) is 0 Å². The molecule has 2 aliphatic rings. The van der Waals surface area contributed by atoms with Crippen LogP contribution in [-0.4, -0.2) is 43.2 Å². The first kappa shape index (κ1) is 25.6. The number of aldehydes is 1. The summed E-state index contributed by atoms with van der Waals surface area (Å²) in [4.78, 5) is 13.3. The van der Waals surface area contributed by atoms with Crippen molar-refractivity contribution < 1.29 is 9.90 Å². The normalized spacial score (nSPS) is 19.3. The quantitative estimate of drug-likeness (QED) is 0.208. The Bertz CT molecular complexity index is 879. The molecule has 3 nitrogen and oxygen atoms in total. The van der Waals surface area contributed by atoms with E-state index in [1.807, 2.05) is 24.3 Å². The van der Waals surface area contributed by atoms with Gasteiger partial charge in [-0.15, -0.1) is 0 Å². The molecule has 0 aliphatic heterocycles. The summed E-state index contributed by atoms with van der Waals surface area (Å²) < 4.78 is 0. The lowest BCUT2D eigenvalue weighted by Gasteiger charge is -2.56. The average Bonchev–Trinajstić information content (AvgIpc) is 3.59. The van der Waals surface area contributed by atoms with Crippen molar-refractivity contribution in [2.75, 3.05) is 13.7 Å². The molecule has 2 fully saturated rings. The Balaban J connectivity index is 1.89. The molecular formula is C29H40BNO2. The predicted octanol–water partition coefficient (Wildman–Crippen LogP) is 6.29. The van der Waals surface area contributed by atoms with Crippen LogP contribution in [0.3, 0.4) is 0 Å². The number of aliphatic hydroxyl groups is 1. The molecule has 33 heavy (non-hydrogen) atoms. The van der Waals surface area contributed by atoms with Gasteiger partial charge in [-0.2, -0.15) is 0 Å². The Labute approximate surface area is 202 Å². The number of aliphatic hydroxyl groups excluding tert-OH is 1. The van der Waals surface area contributed by atoms with Gasteiger partial charge < -0.3 is 10.0 Å². The monoisotopic (exact) mass is 445 g/mol. The lowest BCUT2D eigenvalue weighted by molar-refractivity contribution is 0.0389. The fourth-order valence-corrected chi connectivity index (χ4v) is 5.51. The number of allylic oxidation sites excluding steroid dienone is 3. The zero-order chi connectivity index (χ0) is 24.1. The summed E-state index contributed by atoms with van der Waals surface area (Å²) in [5.41, 5.74) is 4.28. The van der Waals surface area contributed by atoms with E-state index < -0.39 is 0 Å². The van der Waals surface area contributed by atoms with Gasteiger partial charge in [0, 0.05) is 30.4 Å². The van der Waals surface area contributed by atoms with Gasteiger partial charge in [-0.3, -0.25) is 4.79 Å². The molecule has 0 amide bonds. The van der Waals surface area contributed by atoms with Crippen LogP contribution in [0, 0.1) is 11.3 Å². The highest BCUT2D eigenvalue weighted by molar-refractivity contribution is 6.16. The molecule has 1 N–H and O–H groups in total. The molecule has 2 aliphatic carbocycles. The molecule has 1 aromatic carbocycles. The molecular weight excluding hydrogens is 405 g/mol. The minimum Gasteiger partial charge on any atom is -0.396 e. The van der Waals surface area contributed by atoms with E-state index in [-0.39, 0.29) is 17.5 Å². The molecule has 1 aromatic rings. The first-order chi connectivity index (χ1) is 15.8. The van der Waals surface area contributed by atoms with Crippen LogP contribution >= 0.6 is 0 Å². The zero-order valence-electron chi connectivity index (χ0n) is 20.6. The van der Waals surface area contributed by atoms with Gasteiger partial charge in [-0.25, -0.2) is 0 Å². The SMILES string of the molecule is [B]C(C1CCC1)(N(C)C(=C)/C(=C\C(=C)c1ccc(C=O)cc1)CCCO)C1(CCCC)CC1. The van der Waals surface area contributed by atoms with Crippen molar-refractivity contribution in [1.82, 2.24) is 4.90 Å². The smallest absolute Gasteiger partial charge is 0.150 e. The maximum absolute atomic E-state index is 11.0. The highest BCUT2D eigenvalue weighted by Crippen LogP contribution is 2.64. The van der Waals surface area contributed by atoms with Crippen molar-refractivity contribution in [1.29, 1.82) is 0 Å². The summed E-state index contributed by atoms with van der Waals surface area (Å²) >= 11 is 0. The second kappa shape index (κ2) is 10.9. The van der Waals surface area contributed by atoms with Gasteiger partial charge in [-0.1, -0.05) is 63.6 Å². The second-order valence-corrected chi connectivity index (χ2v) is 10.1. The molecule has 0 bridgehead atoms. The van der Waals surface area contributed by atoms with Gasteiger partial charge >= 0.3 is 0 Å². The lowest BCUT2D eigenvalue weighted by Crippen LogP contribution is -2.60. The highest BCUT2D eigenvalue weighted by atomic mass is 16.2. The fourth-order valence-electron chi connectivity index (χ4n) is 5.51. The van der Waals surface area contributed by atoms with Gasteiger partial charge in [-0.05, 0) is 79.1 Å². The molecule has 2 radical (unpaired) electrons. The highest BCUT2D eigenvalue weighted by Gasteiger charge is 2.61. The van der Waals surface area contributed by atoms with E-state index in [1.54, 1.807) is 0 Å². The van der Waals surface area contributed by atoms with Crippen molar-refractivity contribution in [2.45, 2.75) is 76.6 Å². The maximum atomic E-state index is 11.0. The summed E-state index contributed by atoms with van der Waals surface area (Å²) in [6.07, 6.45) is 13.9. The lowest BCUT2D eigenvalue weighted by atomic mass is 9.51. The van der Waals surface area contributed by atoms with E-state index in [0.717, 1.165) is 28.7 Å². The number of rotatable bonds is 14. The van der Waals surface area contributed by atoms with Crippen molar-refractivity contribution in [3.8, 4) is 0 Å². The third-order valence-corrected chi connectivity index (χ3v) is 8.14. The molecule has 3 rings (SSSR count). The first-order valence-electron chi connectivity index (χ1n) is 12.6. The number of carbonyl (C=O) groups excluding carboxylic acids is 1. The van der Waals surface area contributed by atoms with Crippen LogP contribution in [0.1, 0.15) is 87.1 Å². The Hall–Kier alpha value is -2.07. The number of carbonyl (C=O) groups is 1. The Morgan fingerprint density at radius 3 is 2.39 bits per heavy atom. The van der Waals surface area contributed by atoms with Gasteiger partial charge in [0.1, 0.15) is 14.1 Å². The van der Waals surface area contributed by atoms with E-state index in [1.165, 1.54) is 51.4 Å². The van der Waals surface area contributed by atoms with Gasteiger partial charge in [0.2, 0.25) is 0 Å². The van der Waals surface area contributed by atoms with Crippen LogP contribution in [0.25, 0.3) is 5.57 Å². The molecule has 0 heterocycles. The summed E-state index contributed by atoms with van der Waals surface area (Å²) in [6.45, 7) is 11.2. The maximum Gasteiger partial charge on any atom is 0.150 e. The average molecular weight is 445 g/mol. The largest absolute Gasteiger partial charge is 0.396 e. The Morgan fingerprint density at radius 1 is 1.24 bits per heavy atom. The minimum absolute atomic E-state index is 0.131. The van der Waals surface area contributed by atoms with Gasteiger partial charge in [0.15, 0.2) is 0 Å². The van der Waals surface area contributed by atoms with E-state index in [9.17, 15) is 9.90 Å². The van der Waals surface area contributed by atoms with Crippen LogP contribution in [-0.2, 0) is 0 Å². The third-order valence-electron chi connectivity index (χ3n) is 8.14. The van der Waals surface area contributed by atoms with Crippen molar-refractivity contribution in [3.63, 3.8) is 0 Å². The van der Waals surface area contributed by atoms with Crippen molar-refractivity contribution in [2.24, 2.45) is 11.3 Å². The summed E-state index contributed by atoms with van der Waals surface area (Å²) in [5, 5.41) is 9.53. The number of nitrogens with zero attached hydrogens (tertiary/aromatic N) is 1. The molecule has 0 saturated heterocycles. The second-order valence-electron chi connectivity index (χ2n) is 10.1. The molecule has 176 valence electrons. The molecule has 4 heteroatoms. The predicted molar refractivity (Wildman–Crippen MR) is 139 cm³/mol. The molecule has 2 saturated carbocycles. The fraction of sp³-hybridized carbons (Fsp3) is 0.552. The van der Waals surface area contributed by atoms with Crippen molar-refractivity contribution in [3.05, 3.63) is 65.9 Å². The van der Waals surface area contributed by atoms with Crippen LogP contribution in [0.4, 0.5) is 0 Å². The Kier molecular flexibility index (Phi) is 8.45. The standard InChI is InChI=1S/C29H40BNO2/c1-5-6-16-28(17-18-28)29(30,27-10-7-11-27)31(4)23(3)26(9-8-19-32)20-22(2)25-14-12-24(21-33)13-15-25/h12-15,20-21,27,32H,2-3,5-11,16-19H2,1,4H3/b26-20-. The molecule has 0 aromatic heterocycles. The van der Waals surface area contributed by atoms with E-state index >= 15 is 0 Å². The number of unbranched alkanes of at least 4 members (excludes halogenated alkanes) is 1. The number of hydrogen-bond donors (Lipinski definition) is 1. The van der Waals surface area contributed by atoms with Gasteiger partial charge in [0.05, 0.1) is 0 Å². The zero-order valence-corrected chi connectivity index (χ0v) is 20.6. The summed E-state index contributed by atoms with van der Waals surface area (Å²) in [6, 6.07) is 7.46. The number of likely N-dealkylation sites (N-methyl/N-ethyl adjacent to an activating group) is 1. The molecule has 1 unspecified atom stereocenters. The van der Waals surface area contributed by atoms with Crippen LogP contribution in [0.2, 0.25) is 0 Å². The molecule has 0 spiro atoms. The molecule has 1 atom stereocenters. The topological polar surface area (TPSA) is 40.5 Å². The van der Waals surface area contributed by atoms with Crippen molar-refractivity contribution >= 4 is 19.7 Å². The summed E-state index contributed by atoms with van der Waals surface area (Å²) in [5.74, 6) is 0.497. The van der Waals surface area contributed by atoms with E-state index in [0.29, 0.717) is 24.3 Å². The number of hydrogen-bond acceptors (Lipinski definition) is 3. The first-order valence-corrected chi connectivity index (χ1v) is 12.6. The van der Waals surface area contributed by atoms with Crippen LogP contribution < -0.4 is 0 Å². The summed E-state index contributed by atoms with van der Waals surface area (Å²) in [7, 11) is 9.53. The van der Waals surface area contributed by atoms with E-state index in [2.05, 4.69) is 38.1 Å². The van der Waals surface area contributed by atoms with E-state index in [4.69, 9.17) is 7.85 Å². The van der Waals surface area contributed by atoms with Crippen LogP contribution in [0.5, 0.6) is 0 Å². The third kappa shape index (κ3) is 5.21.